The van der Waals surface area contributed by atoms with Crippen LogP contribution in [0, 0.1) is 6.92 Å². The zero-order valence-corrected chi connectivity index (χ0v) is 12.3. The molecule has 3 aromatic heterocycles. The van der Waals surface area contributed by atoms with Crippen LogP contribution in [0.2, 0.25) is 0 Å². The fourth-order valence-electron chi connectivity index (χ4n) is 1.75. The van der Waals surface area contributed by atoms with Gasteiger partial charge in [0.15, 0.2) is 0 Å². The number of carbonyl (C=O) groups is 1. The molecule has 0 aliphatic heterocycles. The highest BCUT2D eigenvalue weighted by atomic mass is 16.5. The molecule has 1 amide bonds. The molecule has 9 heteroatoms. The molecule has 114 valence electrons. The average Bonchev–Trinajstić information content (AvgIpc) is 3.16. The van der Waals surface area contributed by atoms with E-state index in [0.717, 1.165) is 0 Å². The monoisotopic (exact) mass is 302 g/mol. The van der Waals surface area contributed by atoms with Crippen LogP contribution in [0.25, 0.3) is 11.6 Å². The number of nitrogens with one attached hydrogen (secondary N) is 1. The molecule has 3 aromatic rings. The van der Waals surface area contributed by atoms with Gasteiger partial charge in [0.05, 0.1) is 5.69 Å². The minimum absolute atomic E-state index is 0.0341. The second-order valence-corrected chi connectivity index (χ2v) is 4.97. The van der Waals surface area contributed by atoms with Gasteiger partial charge in [-0.3, -0.25) is 14.8 Å². The van der Waals surface area contributed by atoms with Crippen LogP contribution in [0.5, 0.6) is 0 Å². The maximum Gasteiger partial charge on any atom is 0.322 e. The van der Waals surface area contributed by atoms with Crippen molar-refractivity contribution in [3.8, 4) is 11.6 Å². The topological polar surface area (TPSA) is 112 Å². The molecule has 0 unspecified atom stereocenters. The van der Waals surface area contributed by atoms with Gasteiger partial charge in [-0.25, -0.2) is 0 Å². The van der Waals surface area contributed by atoms with E-state index < -0.39 is 5.91 Å². The molecule has 0 saturated heterocycles. The summed E-state index contributed by atoms with van der Waals surface area (Å²) in [5.41, 5.74) is 1.15. The molecule has 0 aliphatic rings. The normalized spacial score (nSPS) is 11.1. The van der Waals surface area contributed by atoms with E-state index in [0.29, 0.717) is 11.4 Å². The van der Waals surface area contributed by atoms with Crippen molar-refractivity contribution < 1.29 is 13.7 Å². The molecule has 0 saturated carbocycles. The Morgan fingerprint density at radius 1 is 1.36 bits per heavy atom. The number of amides is 1. The first-order valence-electron chi connectivity index (χ1n) is 6.66. The SMILES string of the molecule is Cc1cc(C(=O)Nc2nnc(-c3ccn(C(C)C)n3)o2)on1. The molecule has 9 nitrogen and oxygen atoms in total. The van der Waals surface area contributed by atoms with E-state index in [4.69, 9.17) is 8.94 Å². The zero-order valence-electron chi connectivity index (χ0n) is 12.3. The van der Waals surface area contributed by atoms with E-state index in [-0.39, 0.29) is 23.7 Å². The molecule has 0 radical (unpaired) electrons. The summed E-state index contributed by atoms with van der Waals surface area (Å²) in [5.74, 6) is -0.215. The number of rotatable bonds is 4. The first kappa shape index (κ1) is 14.0. The highest BCUT2D eigenvalue weighted by molar-refractivity contribution is 6.00. The van der Waals surface area contributed by atoms with Crippen molar-refractivity contribution in [1.82, 2.24) is 25.1 Å². The Labute approximate surface area is 125 Å². The summed E-state index contributed by atoms with van der Waals surface area (Å²) in [4.78, 5) is 11.9. The van der Waals surface area contributed by atoms with E-state index in [9.17, 15) is 4.79 Å². The van der Waals surface area contributed by atoms with Crippen molar-refractivity contribution in [1.29, 1.82) is 0 Å². The van der Waals surface area contributed by atoms with Gasteiger partial charge in [-0.2, -0.15) is 5.10 Å². The molecule has 0 aromatic carbocycles. The zero-order chi connectivity index (χ0) is 15.7. The van der Waals surface area contributed by atoms with Crippen LogP contribution in [0.15, 0.2) is 27.3 Å². The molecule has 0 atom stereocenters. The Morgan fingerprint density at radius 3 is 2.82 bits per heavy atom. The van der Waals surface area contributed by atoms with Gasteiger partial charge < -0.3 is 8.94 Å². The van der Waals surface area contributed by atoms with Crippen molar-refractivity contribution in [2.45, 2.75) is 26.8 Å². The summed E-state index contributed by atoms with van der Waals surface area (Å²) in [5, 5.41) is 18.0. The van der Waals surface area contributed by atoms with Gasteiger partial charge in [-0.1, -0.05) is 10.3 Å². The van der Waals surface area contributed by atoms with Crippen molar-refractivity contribution in [3.63, 3.8) is 0 Å². The van der Waals surface area contributed by atoms with Crippen LogP contribution < -0.4 is 5.32 Å². The molecule has 22 heavy (non-hydrogen) atoms. The van der Waals surface area contributed by atoms with Gasteiger partial charge in [0.25, 0.3) is 11.8 Å². The van der Waals surface area contributed by atoms with Gasteiger partial charge in [-0.05, 0) is 26.8 Å². The predicted octanol–water partition coefficient (Wildman–Crippen LogP) is 2.06. The minimum Gasteiger partial charge on any atom is -0.401 e. The van der Waals surface area contributed by atoms with Crippen molar-refractivity contribution in [2.75, 3.05) is 5.32 Å². The molecule has 0 bridgehead atoms. The number of hydrogen-bond donors (Lipinski definition) is 1. The predicted molar refractivity (Wildman–Crippen MR) is 75.1 cm³/mol. The van der Waals surface area contributed by atoms with E-state index >= 15 is 0 Å². The molecule has 0 aliphatic carbocycles. The Kier molecular flexibility index (Phi) is 3.45. The summed E-state index contributed by atoms with van der Waals surface area (Å²) < 4.78 is 12.0. The van der Waals surface area contributed by atoms with E-state index in [2.05, 4.69) is 25.8 Å². The number of aromatic nitrogens is 5. The Morgan fingerprint density at radius 2 is 2.18 bits per heavy atom. The molecule has 3 heterocycles. The number of carbonyl (C=O) groups excluding carboxylic acids is 1. The summed E-state index contributed by atoms with van der Waals surface area (Å²) in [7, 11) is 0. The third-order valence-corrected chi connectivity index (χ3v) is 2.85. The molecular formula is C13H14N6O3. The maximum absolute atomic E-state index is 11.9. The van der Waals surface area contributed by atoms with Gasteiger partial charge in [0.2, 0.25) is 5.76 Å². The maximum atomic E-state index is 11.9. The summed E-state index contributed by atoms with van der Waals surface area (Å²) in [6.07, 6.45) is 1.82. The highest BCUT2D eigenvalue weighted by Gasteiger charge is 2.17. The van der Waals surface area contributed by atoms with Gasteiger partial charge >= 0.3 is 6.01 Å². The van der Waals surface area contributed by atoms with Crippen LogP contribution in [-0.4, -0.2) is 31.0 Å². The molecule has 1 N–H and O–H groups in total. The summed E-state index contributed by atoms with van der Waals surface area (Å²) >= 11 is 0. The standard InChI is InChI=1S/C13H14N6O3/c1-7(2)19-5-4-9(17-19)12-15-16-13(21-12)14-11(20)10-6-8(3)18-22-10/h4-7H,1-3H3,(H,14,16,20). The van der Waals surface area contributed by atoms with E-state index in [1.54, 1.807) is 17.7 Å². The lowest BCUT2D eigenvalue weighted by molar-refractivity contribution is 0.0985. The molecule has 0 fully saturated rings. The highest BCUT2D eigenvalue weighted by Crippen LogP contribution is 2.19. The van der Waals surface area contributed by atoms with Crippen molar-refractivity contribution >= 4 is 11.9 Å². The molecular weight excluding hydrogens is 288 g/mol. The molecule has 0 spiro atoms. The van der Waals surface area contributed by atoms with Crippen LogP contribution in [0.3, 0.4) is 0 Å². The number of hydrogen-bond acceptors (Lipinski definition) is 7. The van der Waals surface area contributed by atoms with Crippen LogP contribution in [-0.2, 0) is 0 Å². The first-order chi connectivity index (χ1) is 10.5. The van der Waals surface area contributed by atoms with Crippen LogP contribution in [0.4, 0.5) is 6.01 Å². The van der Waals surface area contributed by atoms with Crippen molar-refractivity contribution in [2.24, 2.45) is 0 Å². The van der Waals surface area contributed by atoms with Gasteiger partial charge in [-0.15, -0.1) is 5.10 Å². The van der Waals surface area contributed by atoms with E-state index in [1.165, 1.54) is 6.07 Å². The summed E-state index contributed by atoms with van der Waals surface area (Å²) in [6.45, 7) is 5.74. The second-order valence-electron chi connectivity index (χ2n) is 4.97. The Bertz CT molecular complexity index is 800. The number of anilines is 1. The Hall–Kier alpha value is -2.97. The second kappa shape index (κ2) is 5.43. The number of nitrogens with zero attached hydrogens (tertiary/aromatic N) is 5. The van der Waals surface area contributed by atoms with Crippen LogP contribution >= 0.6 is 0 Å². The lowest BCUT2D eigenvalue weighted by Gasteiger charge is -2.02. The lowest BCUT2D eigenvalue weighted by Crippen LogP contribution is -2.11. The average molecular weight is 302 g/mol. The molecule has 3 rings (SSSR count). The minimum atomic E-state index is -0.511. The summed E-state index contributed by atoms with van der Waals surface area (Å²) in [6, 6.07) is 3.47. The largest absolute Gasteiger partial charge is 0.401 e. The van der Waals surface area contributed by atoms with Gasteiger partial charge in [0.1, 0.15) is 5.69 Å². The lowest BCUT2D eigenvalue weighted by atomic mass is 10.4. The van der Waals surface area contributed by atoms with Gasteiger partial charge in [0, 0.05) is 18.3 Å². The van der Waals surface area contributed by atoms with Crippen LogP contribution in [0.1, 0.15) is 36.1 Å². The first-order valence-corrected chi connectivity index (χ1v) is 6.66. The third-order valence-electron chi connectivity index (χ3n) is 2.85. The Balaban J connectivity index is 1.74. The fourth-order valence-corrected chi connectivity index (χ4v) is 1.75. The quantitative estimate of drug-likeness (QED) is 0.784. The number of aryl methyl sites for hydroxylation is 1. The van der Waals surface area contributed by atoms with E-state index in [1.807, 2.05) is 20.0 Å². The third kappa shape index (κ3) is 2.73. The smallest absolute Gasteiger partial charge is 0.322 e. The fraction of sp³-hybridized carbons (Fsp3) is 0.308. The van der Waals surface area contributed by atoms with Crippen molar-refractivity contribution in [3.05, 3.63) is 29.8 Å².